The van der Waals surface area contributed by atoms with Crippen LogP contribution in [0.2, 0.25) is 5.02 Å². The summed E-state index contributed by atoms with van der Waals surface area (Å²) in [5.74, 6) is 2.14. The van der Waals surface area contributed by atoms with Crippen LogP contribution in [0.25, 0.3) is 11.6 Å². The Hall–Kier alpha value is -3.14. The van der Waals surface area contributed by atoms with Gasteiger partial charge in [0.25, 0.3) is 0 Å². The van der Waals surface area contributed by atoms with Crippen LogP contribution in [0.1, 0.15) is 132 Å². The average molecular weight is 762 g/mol. The summed E-state index contributed by atoms with van der Waals surface area (Å²) >= 11 is 6.07. The number of rotatable bonds is 8. The number of aromatic nitrogens is 5. The highest BCUT2D eigenvalue weighted by Gasteiger charge is 2.70. The van der Waals surface area contributed by atoms with Gasteiger partial charge in [-0.1, -0.05) is 65.6 Å². The maximum atomic E-state index is 14.2. The first-order chi connectivity index (χ1) is 25.1. The molecule has 1 N–H and O–H groups in total. The predicted octanol–water partition coefficient (Wildman–Crippen LogP) is 8.86. The highest BCUT2D eigenvalue weighted by Crippen LogP contribution is 2.77. The second-order valence-electron chi connectivity index (χ2n) is 20.1. The van der Waals surface area contributed by atoms with E-state index in [1.165, 1.54) is 5.57 Å². The van der Waals surface area contributed by atoms with E-state index < -0.39 is 17.4 Å². The summed E-state index contributed by atoms with van der Waals surface area (Å²) < 4.78 is 8.17. The van der Waals surface area contributed by atoms with E-state index in [0.717, 1.165) is 62.8 Å². The summed E-state index contributed by atoms with van der Waals surface area (Å²) in [6, 6.07) is 0. The molecule has 2 heterocycles. The van der Waals surface area contributed by atoms with Crippen molar-refractivity contribution in [2.75, 3.05) is 0 Å². The number of halogens is 1. The van der Waals surface area contributed by atoms with E-state index >= 15 is 0 Å². The van der Waals surface area contributed by atoms with Gasteiger partial charge in [0.05, 0.1) is 16.9 Å². The summed E-state index contributed by atoms with van der Waals surface area (Å²) in [5, 5.41) is 19.3. The molecule has 294 valence electrons. The number of aliphatic carboxylic acids is 1. The topological polar surface area (TPSA) is 137 Å². The molecular formula is C43H60ClN5O5. The molecule has 2 aromatic heterocycles. The second-order valence-corrected chi connectivity index (χ2v) is 20.5. The number of hydrogen-bond acceptors (Lipinski definition) is 8. The molecule has 2 aromatic rings. The van der Waals surface area contributed by atoms with Gasteiger partial charge in [0, 0.05) is 43.1 Å². The Morgan fingerprint density at radius 1 is 0.963 bits per heavy atom. The molecule has 0 aromatic carbocycles. The number of carboxylic acids is 1. The molecule has 4 saturated carbocycles. The quantitative estimate of drug-likeness (QED) is 0.262. The van der Waals surface area contributed by atoms with Crippen molar-refractivity contribution in [3.05, 3.63) is 34.4 Å². The first-order valence-corrected chi connectivity index (χ1v) is 20.6. The summed E-state index contributed by atoms with van der Waals surface area (Å²) in [6.07, 6.45) is 12.0. The highest BCUT2D eigenvalue weighted by molar-refractivity contribution is 6.30. The van der Waals surface area contributed by atoms with Crippen molar-refractivity contribution in [1.29, 1.82) is 0 Å². The van der Waals surface area contributed by atoms with Gasteiger partial charge < -0.3 is 14.4 Å². The molecule has 7 rings (SSSR count). The minimum absolute atomic E-state index is 0.0194. The van der Waals surface area contributed by atoms with E-state index in [1.54, 1.807) is 26.2 Å². The molecule has 11 heteroatoms. The van der Waals surface area contributed by atoms with Crippen LogP contribution in [0.15, 0.2) is 23.5 Å². The molecule has 54 heavy (non-hydrogen) atoms. The van der Waals surface area contributed by atoms with Crippen molar-refractivity contribution < 1.29 is 24.2 Å². The van der Waals surface area contributed by atoms with Gasteiger partial charge in [0.2, 0.25) is 5.82 Å². The van der Waals surface area contributed by atoms with Crippen molar-refractivity contribution in [2.24, 2.45) is 63.2 Å². The van der Waals surface area contributed by atoms with E-state index in [0.29, 0.717) is 53.1 Å². The van der Waals surface area contributed by atoms with E-state index in [-0.39, 0.29) is 45.5 Å². The Balaban J connectivity index is 1.19. The Morgan fingerprint density at radius 3 is 2.30 bits per heavy atom. The van der Waals surface area contributed by atoms with Crippen LogP contribution in [0, 0.1) is 56.2 Å². The van der Waals surface area contributed by atoms with Gasteiger partial charge in [-0.2, -0.15) is 0 Å². The van der Waals surface area contributed by atoms with Crippen LogP contribution in [0.3, 0.4) is 0 Å². The maximum absolute atomic E-state index is 14.2. The van der Waals surface area contributed by atoms with Crippen molar-refractivity contribution in [1.82, 2.24) is 24.7 Å². The number of nitrogens with zero attached hydrogens (tertiary/aromatic N) is 5. The minimum Gasteiger partial charge on any atom is -0.481 e. The summed E-state index contributed by atoms with van der Waals surface area (Å²) in [6.45, 7) is 19.8. The van der Waals surface area contributed by atoms with E-state index in [4.69, 9.17) is 16.3 Å². The third kappa shape index (κ3) is 5.72. The van der Waals surface area contributed by atoms with E-state index in [9.17, 15) is 19.5 Å². The first kappa shape index (κ1) is 39.1. The number of allylic oxidation sites excluding steroid dienone is 2. The van der Waals surface area contributed by atoms with Crippen molar-refractivity contribution in [2.45, 2.75) is 139 Å². The number of Topliss-reactive ketones (excluding diaryl/α,β-unsaturated/α-hetero) is 1. The lowest BCUT2D eigenvalue weighted by Crippen LogP contribution is -2.65. The van der Waals surface area contributed by atoms with Crippen molar-refractivity contribution >= 4 is 29.3 Å². The molecule has 10 nitrogen and oxygen atoms in total. The van der Waals surface area contributed by atoms with Crippen LogP contribution < -0.4 is 0 Å². The standard InChI is InChI=1S/C43H60ClN5O5/c1-24(2)33-27(50)19-43(20-31-47-48-36(49(31)10)35-45-22-25(44)23-46-35)18-17-41(8)26(34(33)43)11-12-29-40(7)15-14-30(54-32(51)21-38(3,4)37(52)53)39(5,6)28(40)13-16-42(29,41)9/h22-24,26,28-30H,11-21H2,1-10H3,(H,52,53)/t26-,28+,29-,30+,40+,41-,42-,43+/m1/s1. The Labute approximate surface area is 325 Å². The fraction of sp³-hybridized carbons (Fsp3) is 0.744. The molecule has 0 bridgehead atoms. The van der Waals surface area contributed by atoms with Gasteiger partial charge in [-0.05, 0) is 111 Å². The number of hydrogen-bond donors (Lipinski definition) is 1. The second kappa shape index (κ2) is 13.0. The number of carbonyl (C=O) groups is 3. The molecule has 0 unspecified atom stereocenters. The number of carbonyl (C=O) groups excluding carboxylic acids is 2. The van der Waals surface area contributed by atoms with Gasteiger partial charge >= 0.3 is 11.9 Å². The lowest BCUT2D eigenvalue weighted by atomic mass is 9.33. The lowest BCUT2D eigenvalue weighted by molar-refractivity contribution is -0.233. The smallest absolute Gasteiger partial charge is 0.309 e. The molecule has 0 saturated heterocycles. The molecule has 5 aliphatic carbocycles. The summed E-state index contributed by atoms with van der Waals surface area (Å²) in [4.78, 5) is 47.9. The fourth-order valence-electron chi connectivity index (χ4n) is 13.2. The van der Waals surface area contributed by atoms with Gasteiger partial charge in [-0.25, -0.2) is 9.97 Å². The number of fused-ring (bicyclic) bond motifs is 7. The molecule has 0 spiro atoms. The predicted molar refractivity (Wildman–Crippen MR) is 206 cm³/mol. The Kier molecular flexibility index (Phi) is 9.38. The third-order valence-electron chi connectivity index (χ3n) is 16.2. The number of ketones is 1. The molecule has 8 atom stereocenters. The maximum Gasteiger partial charge on any atom is 0.309 e. The molecule has 4 fully saturated rings. The molecule has 5 aliphatic rings. The molecule has 0 aliphatic heterocycles. The van der Waals surface area contributed by atoms with Crippen LogP contribution in [-0.4, -0.2) is 53.7 Å². The SMILES string of the molecule is CC(C)C1=C2[C@H]3CC[C@@H]4[C@@]5(C)CC[C@H](OC(=O)CC(C)(C)C(=O)O)C(C)(C)[C@@H]5CC[C@@]4(C)[C@]3(C)CC[C@@]2(Cc2nnc(-c3ncc(Cl)cn3)n2C)CC1=O. The molecule has 0 radical (unpaired) electrons. The first-order valence-electron chi connectivity index (χ1n) is 20.2. The Bertz CT molecular complexity index is 1900. The van der Waals surface area contributed by atoms with Gasteiger partial charge in [0.15, 0.2) is 11.6 Å². The zero-order valence-electron chi connectivity index (χ0n) is 34.0. The van der Waals surface area contributed by atoms with Crippen molar-refractivity contribution in [3.63, 3.8) is 0 Å². The number of carboxylic acid groups (broad SMARTS) is 1. The Morgan fingerprint density at radius 2 is 1.65 bits per heavy atom. The highest BCUT2D eigenvalue weighted by atomic mass is 35.5. The van der Waals surface area contributed by atoms with E-state index in [2.05, 4.69) is 68.6 Å². The number of ether oxygens (including phenoxy) is 1. The van der Waals surface area contributed by atoms with Gasteiger partial charge in [0.1, 0.15) is 11.9 Å². The van der Waals surface area contributed by atoms with Crippen LogP contribution in [0.4, 0.5) is 0 Å². The zero-order valence-corrected chi connectivity index (χ0v) is 34.8. The monoisotopic (exact) mass is 761 g/mol. The van der Waals surface area contributed by atoms with E-state index in [1.807, 2.05) is 11.6 Å². The molecule has 0 amide bonds. The summed E-state index contributed by atoms with van der Waals surface area (Å²) in [7, 11) is 1.97. The van der Waals surface area contributed by atoms with Gasteiger partial charge in [-0.3, -0.25) is 14.4 Å². The minimum atomic E-state index is -1.17. The van der Waals surface area contributed by atoms with Crippen molar-refractivity contribution in [3.8, 4) is 11.6 Å². The fourth-order valence-corrected chi connectivity index (χ4v) is 13.3. The largest absolute Gasteiger partial charge is 0.481 e. The zero-order chi connectivity index (χ0) is 39.4. The third-order valence-corrected chi connectivity index (χ3v) is 16.4. The van der Waals surface area contributed by atoms with Crippen LogP contribution in [-0.2, 0) is 32.6 Å². The summed E-state index contributed by atoms with van der Waals surface area (Å²) in [5.41, 5.74) is 0.941. The number of esters is 1. The normalized spacial score (nSPS) is 36.0. The lowest BCUT2D eigenvalue weighted by Gasteiger charge is -2.72. The average Bonchev–Trinajstić information content (AvgIpc) is 3.58. The van der Waals surface area contributed by atoms with Crippen LogP contribution in [0.5, 0.6) is 0 Å². The van der Waals surface area contributed by atoms with Gasteiger partial charge in [-0.15, -0.1) is 10.2 Å². The van der Waals surface area contributed by atoms with Crippen LogP contribution >= 0.6 is 11.6 Å². The molecular weight excluding hydrogens is 702 g/mol.